The molecule has 1 aromatic heterocycles. The van der Waals surface area contributed by atoms with E-state index in [1.54, 1.807) is 6.20 Å². The lowest BCUT2D eigenvalue weighted by Crippen LogP contribution is -2.32. The van der Waals surface area contributed by atoms with Crippen molar-refractivity contribution in [2.24, 2.45) is 5.73 Å². The largest absolute Gasteiger partial charge is 0.389 e. The van der Waals surface area contributed by atoms with Gasteiger partial charge in [0.05, 0.1) is 5.56 Å². The highest BCUT2D eigenvalue weighted by atomic mass is 32.1. The lowest BCUT2D eigenvalue weighted by Gasteiger charge is -2.29. The molecule has 0 amide bonds. The average Bonchev–Trinajstić information content (AvgIpc) is 2.30. The molecule has 1 fully saturated rings. The van der Waals surface area contributed by atoms with Crippen molar-refractivity contribution in [2.75, 3.05) is 18.0 Å². The quantitative estimate of drug-likeness (QED) is 0.772. The van der Waals surface area contributed by atoms with Crippen molar-refractivity contribution in [2.45, 2.75) is 19.3 Å². The molecule has 0 spiro atoms. The molecule has 0 bridgehead atoms. The van der Waals surface area contributed by atoms with Crippen LogP contribution in [0.3, 0.4) is 0 Å². The predicted octanol–water partition coefficient (Wildman–Crippen LogP) is 1.71. The number of pyridine rings is 1. The number of rotatable bonds is 2. The van der Waals surface area contributed by atoms with E-state index < -0.39 is 0 Å². The minimum atomic E-state index is 0.434. The number of hydrogen-bond donors (Lipinski definition) is 1. The molecular formula is C11H15N3S. The second-order valence-corrected chi connectivity index (χ2v) is 4.23. The van der Waals surface area contributed by atoms with Crippen molar-refractivity contribution in [1.29, 1.82) is 0 Å². The summed E-state index contributed by atoms with van der Waals surface area (Å²) in [4.78, 5) is 7.09. The minimum absolute atomic E-state index is 0.434. The molecule has 0 unspecified atom stereocenters. The molecule has 0 aliphatic carbocycles. The van der Waals surface area contributed by atoms with Gasteiger partial charge in [0, 0.05) is 19.3 Å². The third-order valence-corrected chi connectivity index (χ3v) is 2.93. The number of anilines is 1. The first-order valence-corrected chi connectivity index (χ1v) is 5.69. The van der Waals surface area contributed by atoms with Crippen LogP contribution in [0.1, 0.15) is 24.8 Å². The summed E-state index contributed by atoms with van der Waals surface area (Å²) in [5, 5.41) is 0. The standard InChI is InChI=1S/C11H15N3S/c12-10(15)9-5-4-6-13-11(9)14-7-2-1-3-8-14/h4-6H,1-3,7-8H2,(H2,12,15). The number of aromatic nitrogens is 1. The lowest BCUT2D eigenvalue weighted by atomic mass is 10.1. The molecule has 1 aliphatic heterocycles. The summed E-state index contributed by atoms with van der Waals surface area (Å²) in [5.41, 5.74) is 6.58. The third-order valence-electron chi connectivity index (χ3n) is 2.71. The first-order valence-electron chi connectivity index (χ1n) is 5.29. The molecule has 3 nitrogen and oxygen atoms in total. The summed E-state index contributed by atoms with van der Waals surface area (Å²) in [6.45, 7) is 2.12. The number of piperidine rings is 1. The molecular weight excluding hydrogens is 206 g/mol. The number of nitrogens with two attached hydrogens (primary N) is 1. The molecule has 1 aliphatic rings. The first-order chi connectivity index (χ1) is 7.29. The van der Waals surface area contributed by atoms with Gasteiger partial charge in [-0.2, -0.15) is 0 Å². The van der Waals surface area contributed by atoms with Crippen molar-refractivity contribution >= 4 is 23.0 Å². The zero-order valence-electron chi connectivity index (χ0n) is 8.65. The highest BCUT2D eigenvalue weighted by Gasteiger charge is 2.16. The van der Waals surface area contributed by atoms with Crippen LogP contribution in [-0.4, -0.2) is 23.1 Å². The fourth-order valence-corrected chi connectivity index (χ4v) is 2.11. The molecule has 0 aromatic carbocycles. The van der Waals surface area contributed by atoms with E-state index in [9.17, 15) is 0 Å². The van der Waals surface area contributed by atoms with Crippen LogP contribution in [0.5, 0.6) is 0 Å². The van der Waals surface area contributed by atoms with E-state index in [1.165, 1.54) is 19.3 Å². The Hall–Kier alpha value is -1.16. The Bertz CT molecular complexity index is 359. The monoisotopic (exact) mass is 221 g/mol. The Labute approximate surface area is 95.3 Å². The van der Waals surface area contributed by atoms with Gasteiger partial charge in [-0.05, 0) is 31.4 Å². The predicted molar refractivity (Wildman–Crippen MR) is 66.2 cm³/mol. The SMILES string of the molecule is NC(=S)c1cccnc1N1CCCCC1. The minimum Gasteiger partial charge on any atom is -0.389 e. The highest BCUT2D eigenvalue weighted by Crippen LogP contribution is 2.21. The van der Waals surface area contributed by atoms with Crippen LogP contribution in [0.25, 0.3) is 0 Å². The maximum absolute atomic E-state index is 5.69. The summed E-state index contributed by atoms with van der Waals surface area (Å²) >= 11 is 5.03. The fourth-order valence-electron chi connectivity index (χ4n) is 1.95. The second-order valence-electron chi connectivity index (χ2n) is 3.79. The molecule has 2 heterocycles. The van der Waals surface area contributed by atoms with Crippen LogP contribution in [0, 0.1) is 0 Å². The van der Waals surface area contributed by atoms with E-state index in [1.807, 2.05) is 12.1 Å². The van der Waals surface area contributed by atoms with Gasteiger partial charge in [-0.15, -0.1) is 0 Å². The van der Waals surface area contributed by atoms with Crippen LogP contribution >= 0.6 is 12.2 Å². The second kappa shape index (κ2) is 4.57. The van der Waals surface area contributed by atoms with E-state index in [-0.39, 0.29) is 0 Å². The Morgan fingerprint density at radius 2 is 2.07 bits per heavy atom. The molecule has 2 N–H and O–H groups in total. The molecule has 0 atom stereocenters. The van der Waals surface area contributed by atoms with Gasteiger partial charge in [-0.25, -0.2) is 4.98 Å². The number of hydrogen-bond acceptors (Lipinski definition) is 3. The van der Waals surface area contributed by atoms with Crippen LogP contribution in [0.2, 0.25) is 0 Å². The first kappa shape index (κ1) is 10.4. The number of thiocarbonyl (C=S) groups is 1. The maximum atomic E-state index is 5.69. The van der Waals surface area contributed by atoms with Crippen molar-refractivity contribution in [3.63, 3.8) is 0 Å². The Morgan fingerprint density at radius 1 is 1.33 bits per heavy atom. The molecule has 0 radical (unpaired) electrons. The van der Waals surface area contributed by atoms with Gasteiger partial charge in [0.25, 0.3) is 0 Å². The average molecular weight is 221 g/mol. The van der Waals surface area contributed by atoms with E-state index >= 15 is 0 Å². The van der Waals surface area contributed by atoms with E-state index in [4.69, 9.17) is 18.0 Å². The molecule has 2 rings (SSSR count). The zero-order valence-corrected chi connectivity index (χ0v) is 9.46. The van der Waals surface area contributed by atoms with Crippen molar-refractivity contribution in [3.05, 3.63) is 23.9 Å². The Morgan fingerprint density at radius 3 is 2.73 bits per heavy atom. The van der Waals surface area contributed by atoms with Crippen LogP contribution in [0.4, 0.5) is 5.82 Å². The summed E-state index contributed by atoms with van der Waals surface area (Å²) in [6.07, 6.45) is 5.57. The number of nitrogens with zero attached hydrogens (tertiary/aromatic N) is 2. The third kappa shape index (κ3) is 2.26. The van der Waals surface area contributed by atoms with Crippen LogP contribution in [-0.2, 0) is 0 Å². The summed E-state index contributed by atoms with van der Waals surface area (Å²) in [5.74, 6) is 0.949. The van der Waals surface area contributed by atoms with E-state index in [0.29, 0.717) is 4.99 Å². The maximum Gasteiger partial charge on any atom is 0.138 e. The van der Waals surface area contributed by atoms with Crippen LogP contribution < -0.4 is 10.6 Å². The molecule has 1 aromatic rings. The topological polar surface area (TPSA) is 42.1 Å². The van der Waals surface area contributed by atoms with Crippen molar-refractivity contribution in [3.8, 4) is 0 Å². The van der Waals surface area contributed by atoms with Gasteiger partial charge >= 0.3 is 0 Å². The van der Waals surface area contributed by atoms with Gasteiger partial charge < -0.3 is 10.6 Å². The van der Waals surface area contributed by atoms with E-state index in [0.717, 1.165) is 24.5 Å². The smallest absolute Gasteiger partial charge is 0.138 e. The lowest BCUT2D eigenvalue weighted by molar-refractivity contribution is 0.573. The summed E-state index contributed by atoms with van der Waals surface area (Å²) in [6, 6.07) is 3.82. The van der Waals surface area contributed by atoms with Gasteiger partial charge in [0.15, 0.2) is 0 Å². The van der Waals surface area contributed by atoms with E-state index in [2.05, 4.69) is 9.88 Å². The molecule has 80 valence electrons. The van der Waals surface area contributed by atoms with Crippen molar-refractivity contribution < 1.29 is 0 Å². The fraction of sp³-hybridized carbons (Fsp3) is 0.455. The molecule has 15 heavy (non-hydrogen) atoms. The van der Waals surface area contributed by atoms with Crippen LogP contribution in [0.15, 0.2) is 18.3 Å². The van der Waals surface area contributed by atoms with Gasteiger partial charge in [0.2, 0.25) is 0 Å². The Kier molecular flexibility index (Phi) is 3.16. The normalized spacial score (nSPS) is 16.4. The molecule has 0 saturated carbocycles. The summed E-state index contributed by atoms with van der Waals surface area (Å²) < 4.78 is 0. The molecule has 1 saturated heterocycles. The van der Waals surface area contributed by atoms with Gasteiger partial charge in [-0.1, -0.05) is 12.2 Å². The highest BCUT2D eigenvalue weighted by molar-refractivity contribution is 7.80. The van der Waals surface area contributed by atoms with Gasteiger partial charge in [-0.3, -0.25) is 0 Å². The zero-order chi connectivity index (χ0) is 10.7. The Balaban J connectivity index is 2.29. The summed E-state index contributed by atoms with van der Waals surface area (Å²) in [7, 11) is 0. The molecule has 4 heteroatoms. The van der Waals surface area contributed by atoms with Gasteiger partial charge in [0.1, 0.15) is 10.8 Å². The van der Waals surface area contributed by atoms with Crippen molar-refractivity contribution in [1.82, 2.24) is 4.98 Å².